The van der Waals surface area contributed by atoms with Crippen molar-refractivity contribution in [3.63, 3.8) is 0 Å². The van der Waals surface area contributed by atoms with Gasteiger partial charge in [0.25, 0.3) is 11.6 Å². The Balaban J connectivity index is 2.09. The van der Waals surface area contributed by atoms with E-state index in [1.165, 1.54) is 41.1 Å². The highest BCUT2D eigenvalue weighted by molar-refractivity contribution is 5.94. The molecule has 0 saturated heterocycles. The highest BCUT2D eigenvalue weighted by atomic mass is 19.1. The lowest BCUT2D eigenvalue weighted by atomic mass is 10.1. The predicted molar refractivity (Wildman–Crippen MR) is 103 cm³/mol. The van der Waals surface area contributed by atoms with E-state index >= 15 is 0 Å². The summed E-state index contributed by atoms with van der Waals surface area (Å²) in [6.45, 7) is 3.83. The lowest BCUT2D eigenvalue weighted by Gasteiger charge is -2.12. The molecule has 0 saturated carbocycles. The number of nitro benzene ring substituents is 1. The number of carbonyl (C=O) groups excluding carboxylic acids is 1. The second-order valence-electron chi connectivity index (χ2n) is 6.36. The van der Waals surface area contributed by atoms with Gasteiger partial charge in [-0.3, -0.25) is 14.9 Å². The van der Waals surface area contributed by atoms with Crippen molar-refractivity contribution in [1.29, 1.82) is 0 Å². The van der Waals surface area contributed by atoms with Crippen LogP contribution in [0.4, 0.5) is 10.1 Å². The number of amides is 1. The molecule has 2 aromatic carbocycles. The summed E-state index contributed by atoms with van der Waals surface area (Å²) in [7, 11) is 0. The van der Waals surface area contributed by atoms with Crippen LogP contribution in [-0.2, 0) is 0 Å². The predicted octanol–water partition coefficient (Wildman–Crippen LogP) is 4.11. The molecule has 144 valence electrons. The minimum atomic E-state index is -0.506. The Morgan fingerprint density at radius 3 is 2.54 bits per heavy atom. The highest BCUT2D eigenvalue weighted by Crippen LogP contribution is 2.25. The molecule has 1 N–H and O–H groups in total. The number of halogens is 1. The van der Waals surface area contributed by atoms with Crippen LogP contribution in [0.3, 0.4) is 0 Å². The molecule has 0 aliphatic rings. The Labute approximate surface area is 161 Å². The fourth-order valence-corrected chi connectivity index (χ4v) is 2.66. The molecule has 1 aromatic heterocycles. The van der Waals surface area contributed by atoms with Crippen LogP contribution in [0.15, 0.2) is 54.6 Å². The van der Waals surface area contributed by atoms with Crippen LogP contribution in [0.25, 0.3) is 16.9 Å². The van der Waals surface area contributed by atoms with Gasteiger partial charge in [0.2, 0.25) is 0 Å². The molecule has 7 nitrogen and oxygen atoms in total. The Morgan fingerprint density at radius 1 is 1.25 bits per heavy atom. The molecule has 0 aliphatic heterocycles. The Kier molecular flexibility index (Phi) is 5.49. The summed E-state index contributed by atoms with van der Waals surface area (Å²) in [6, 6.07) is 13.3. The molecular formula is C20H19FN4O3. The molecule has 3 aromatic rings. The smallest absolute Gasteiger partial charge is 0.270 e. The summed E-state index contributed by atoms with van der Waals surface area (Å²) >= 11 is 0. The fraction of sp³-hybridized carbons (Fsp3) is 0.200. The third kappa shape index (κ3) is 3.90. The molecule has 0 fully saturated rings. The monoisotopic (exact) mass is 382 g/mol. The summed E-state index contributed by atoms with van der Waals surface area (Å²) in [5, 5.41) is 18.1. The molecule has 28 heavy (non-hydrogen) atoms. The van der Waals surface area contributed by atoms with E-state index < -0.39 is 10.7 Å². The van der Waals surface area contributed by atoms with Crippen molar-refractivity contribution >= 4 is 11.6 Å². The topological polar surface area (TPSA) is 90.1 Å². The van der Waals surface area contributed by atoms with Gasteiger partial charge in [0.1, 0.15) is 11.5 Å². The largest absolute Gasteiger partial charge is 0.348 e. The summed E-state index contributed by atoms with van der Waals surface area (Å²) in [5.41, 5.74) is 1.16. The van der Waals surface area contributed by atoms with Crippen molar-refractivity contribution in [3.8, 4) is 16.9 Å². The van der Waals surface area contributed by atoms with Crippen LogP contribution >= 0.6 is 0 Å². The number of nitro groups is 1. The maximum atomic E-state index is 14.2. The zero-order chi connectivity index (χ0) is 20.3. The number of benzene rings is 2. The van der Waals surface area contributed by atoms with Crippen LogP contribution < -0.4 is 5.32 Å². The van der Waals surface area contributed by atoms with Gasteiger partial charge in [-0.1, -0.05) is 19.1 Å². The average Bonchev–Trinajstić information content (AvgIpc) is 3.13. The summed E-state index contributed by atoms with van der Waals surface area (Å²) < 4.78 is 15.6. The zero-order valence-corrected chi connectivity index (χ0v) is 15.4. The molecule has 1 atom stereocenters. The molecule has 0 aliphatic carbocycles. The fourth-order valence-electron chi connectivity index (χ4n) is 2.66. The van der Waals surface area contributed by atoms with Gasteiger partial charge in [-0.25, -0.2) is 9.07 Å². The number of hydrogen-bond acceptors (Lipinski definition) is 4. The lowest BCUT2D eigenvalue weighted by molar-refractivity contribution is -0.384. The third-order valence-corrected chi connectivity index (χ3v) is 4.39. The molecule has 0 spiro atoms. The van der Waals surface area contributed by atoms with Crippen molar-refractivity contribution < 1.29 is 14.1 Å². The van der Waals surface area contributed by atoms with Crippen LogP contribution in [0.5, 0.6) is 0 Å². The highest BCUT2D eigenvalue weighted by Gasteiger charge is 2.20. The number of aromatic nitrogens is 2. The number of hydrogen-bond donors (Lipinski definition) is 1. The zero-order valence-electron chi connectivity index (χ0n) is 15.4. The molecule has 3 rings (SSSR count). The van der Waals surface area contributed by atoms with E-state index in [2.05, 4.69) is 10.4 Å². The molecule has 8 heteroatoms. The van der Waals surface area contributed by atoms with Gasteiger partial charge < -0.3 is 5.32 Å². The van der Waals surface area contributed by atoms with Gasteiger partial charge in [-0.15, -0.1) is 0 Å². The average molecular weight is 382 g/mol. The maximum absolute atomic E-state index is 14.2. The summed E-state index contributed by atoms with van der Waals surface area (Å²) in [6.07, 6.45) is 0.748. The molecule has 1 amide bonds. The summed E-state index contributed by atoms with van der Waals surface area (Å²) in [4.78, 5) is 23.1. The van der Waals surface area contributed by atoms with E-state index in [4.69, 9.17) is 0 Å². The minimum absolute atomic E-state index is 0.0513. The van der Waals surface area contributed by atoms with Crippen molar-refractivity contribution in [2.75, 3.05) is 0 Å². The van der Waals surface area contributed by atoms with Gasteiger partial charge in [-0.05, 0) is 43.7 Å². The van der Waals surface area contributed by atoms with Crippen LogP contribution in [0, 0.1) is 15.9 Å². The quantitative estimate of drug-likeness (QED) is 0.513. The number of carbonyl (C=O) groups is 1. The second-order valence-corrected chi connectivity index (χ2v) is 6.36. The number of nitrogens with one attached hydrogen (secondary N) is 1. The molecular weight excluding hydrogens is 363 g/mol. The summed E-state index contributed by atoms with van der Waals surface area (Å²) in [5.74, 6) is -0.812. The number of rotatable bonds is 6. The Bertz CT molecular complexity index is 1010. The van der Waals surface area contributed by atoms with Crippen molar-refractivity contribution in [2.24, 2.45) is 0 Å². The van der Waals surface area contributed by atoms with Crippen molar-refractivity contribution in [2.45, 2.75) is 26.3 Å². The van der Waals surface area contributed by atoms with E-state index in [0.29, 0.717) is 11.4 Å². The normalized spacial score (nSPS) is 11.8. The van der Waals surface area contributed by atoms with Gasteiger partial charge in [-0.2, -0.15) is 5.10 Å². The van der Waals surface area contributed by atoms with Crippen molar-refractivity contribution in [3.05, 3.63) is 76.2 Å². The van der Waals surface area contributed by atoms with E-state index in [9.17, 15) is 19.3 Å². The van der Waals surface area contributed by atoms with E-state index in [1.54, 1.807) is 18.2 Å². The first-order valence-electron chi connectivity index (χ1n) is 8.81. The first-order chi connectivity index (χ1) is 13.4. The molecule has 0 bridgehead atoms. The van der Waals surface area contributed by atoms with Crippen LogP contribution in [-0.4, -0.2) is 26.7 Å². The standard InChI is InChI=1S/C20H19FN4O3/c1-3-13(2)22-20(26)19-12-18(16-6-4-5-7-17(16)21)23-24(19)14-8-10-15(11-9-14)25(27)28/h4-13H,3H2,1-2H3,(H,22,26)/t13-/m1/s1. The first-order valence-corrected chi connectivity index (χ1v) is 8.81. The van der Waals surface area contributed by atoms with Gasteiger partial charge in [0.05, 0.1) is 16.3 Å². The molecule has 1 heterocycles. The first kappa shape index (κ1) is 19.2. The minimum Gasteiger partial charge on any atom is -0.348 e. The van der Waals surface area contributed by atoms with E-state index in [1.807, 2.05) is 13.8 Å². The van der Waals surface area contributed by atoms with Crippen LogP contribution in [0.2, 0.25) is 0 Å². The Hall–Kier alpha value is -3.55. The van der Waals surface area contributed by atoms with Gasteiger partial charge in [0.15, 0.2) is 0 Å². The molecule has 0 unspecified atom stereocenters. The Morgan fingerprint density at radius 2 is 1.93 bits per heavy atom. The second kappa shape index (κ2) is 7.99. The molecule has 0 radical (unpaired) electrons. The van der Waals surface area contributed by atoms with Gasteiger partial charge >= 0.3 is 0 Å². The van der Waals surface area contributed by atoms with Crippen LogP contribution in [0.1, 0.15) is 30.8 Å². The van der Waals surface area contributed by atoms with Crippen molar-refractivity contribution in [1.82, 2.24) is 15.1 Å². The van der Waals surface area contributed by atoms with E-state index in [0.717, 1.165) is 6.42 Å². The lowest BCUT2D eigenvalue weighted by Crippen LogP contribution is -2.33. The number of nitrogens with zero attached hydrogens (tertiary/aromatic N) is 3. The van der Waals surface area contributed by atoms with E-state index in [-0.39, 0.29) is 28.9 Å². The SMILES string of the molecule is CC[C@@H](C)NC(=O)c1cc(-c2ccccc2F)nn1-c1ccc([N+](=O)[O-])cc1. The maximum Gasteiger partial charge on any atom is 0.270 e. The number of non-ortho nitro benzene ring substituents is 1. The third-order valence-electron chi connectivity index (χ3n) is 4.39. The van der Waals surface area contributed by atoms with Gasteiger partial charge in [0, 0.05) is 23.7 Å².